The SMILES string of the molecule is CCc1nnsc1C(=O)NCc1ccc(-c2nc3ccccc3s2)o1. The molecule has 0 spiro atoms. The third kappa shape index (κ3) is 3.18. The molecule has 1 aromatic carbocycles. The normalized spacial score (nSPS) is 11.1. The van der Waals surface area contributed by atoms with Gasteiger partial charge < -0.3 is 9.73 Å². The molecule has 3 heterocycles. The molecule has 6 nitrogen and oxygen atoms in total. The monoisotopic (exact) mass is 370 g/mol. The molecule has 1 N–H and O–H groups in total. The van der Waals surface area contributed by atoms with Gasteiger partial charge in [0.1, 0.15) is 10.6 Å². The zero-order chi connectivity index (χ0) is 17.2. The lowest BCUT2D eigenvalue weighted by Gasteiger charge is -2.01. The zero-order valence-corrected chi connectivity index (χ0v) is 15.0. The summed E-state index contributed by atoms with van der Waals surface area (Å²) >= 11 is 2.69. The van der Waals surface area contributed by atoms with Gasteiger partial charge in [-0.3, -0.25) is 4.79 Å². The number of nitrogens with zero attached hydrogens (tertiary/aromatic N) is 3. The molecule has 3 aromatic heterocycles. The molecule has 0 atom stereocenters. The number of nitrogens with one attached hydrogen (secondary N) is 1. The molecule has 0 radical (unpaired) electrons. The van der Waals surface area contributed by atoms with E-state index in [0.717, 1.165) is 32.5 Å². The van der Waals surface area contributed by atoms with Crippen molar-refractivity contribution in [3.8, 4) is 10.8 Å². The largest absolute Gasteiger partial charge is 0.457 e. The first-order chi connectivity index (χ1) is 12.2. The lowest BCUT2D eigenvalue weighted by molar-refractivity contribution is 0.0951. The predicted octanol–water partition coefficient (Wildman–Crippen LogP) is 3.90. The standard InChI is InChI=1S/C17H14N4O2S2/c1-2-11-15(25-21-20-11)16(22)18-9-10-7-8-13(23-10)17-19-12-5-3-4-6-14(12)24-17/h3-8H,2,9H2,1H3,(H,18,22). The maximum atomic E-state index is 12.2. The summed E-state index contributed by atoms with van der Waals surface area (Å²) in [7, 11) is 0. The van der Waals surface area contributed by atoms with Gasteiger partial charge in [0.2, 0.25) is 0 Å². The summed E-state index contributed by atoms with van der Waals surface area (Å²) in [6.07, 6.45) is 0.682. The Bertz CT molecular complexity index is 1000. The van der Waals surface area contributed by atoms with Gasteiger partial charge in [0.05, 0.1) is 22.5 Å². The second-order valence-corrected chi connectivity index (χ2v) is 7.12. The second-order valence-electron chi connectivity index (χ2n) is 5.34. The molecule has 4 aromatic rings. The number of aromatic nitrogens is 3. The Morgan fingerprint density at radius 1 is 1.24 bits per heavy atom. The summed E-state index contributed by atoms with van der Waals surface area (Å²) in [6.45, 7) is 2.26. The topological polar surface area (TPSA) is 80.9 Å². The smallest absolute Gasteiger partial charge is 0.265 e. The van der Waals surface area contributed by atoms with E-state index in [1.807, 2.05) is 43.3 Å². The van der Waals surface area contributed by atoms with Crippen LogP contribution in [-0.2, 0) is 13.0 Å². The van der Waals surface area contributed by atoms with Crippen LogP contribution in [0.1, 0.15) is 28.0 Å². The van der Waals surface area contributed by atoms with Gasteiger partial charge in [0.25, 0.3) is 5.91 Å². The third-order valence-corrected chi connectivity index (χ3v) is 5.50. The Kier molecular flexibility index (Phi) is 4.29. The van der Waals surface area contributed by atoms with E-state index >= 15 is 0 Å². The number of benzene rings is 1. The van der Waals surface area contributed by atoms with Crippen LogP contribution in [0.5, 0.6) is 0 Å². The van der Waals surface area contributed by atoms with Gasteiger partial charge in [-0.1, -0.05) is 23.5 Å². The molecule has 0 aliphatic heterocycles. The van der Waals surface area contributed by atoms with E-state index < -0.39 is 0 Å². The van der Waals surface area contributed by atoms with Crippen LogP contribution in [0.4, 0.5) is 0 Å². The number of para-hydroxylation sites is 1. The van der Waals surface area contributed by atoms with E-state index in [1.54, 1.807) is 11.3 Å². The van der Waals surface area contributed by atoms with Gasteiger partial charge in [-0.05, 0) is 42.2 Å². The summed E-state index contributed by atoms with van der Waals surface area (Å²) in [5.74, 6) is 1.21. The van der Waals surface area contributed by atoms with Crippen LogP contribution < -0.4 is 5.32 Å². The van der Waals surface area contributed by atoms with Gasteiger partial charge in [-0.25, -0.2) is 4.98 Å². The van der Waals surface area contributed by atoms with E-state index in [2.05, 4.69) is 19.9 Å². The highest BCUT2D eigenvalue weighted by atomic mass is 32.1. The summed E-state index contributed by atoms with van der Waals surface area (Å²) in [5.41, 5.74) is 1.68. The summed E-state index contributed by atoms with van der Waals surface area (Å²) in [6, 6.07) is 11.7. The molecule has 0 unspecified atom stereocenters. The second kappa shape index (κ2) is 6.73. The Labute approximate surface area is 151 Å². The van der Waals surface area contributed by atoms with Gasteiger partial charge >= 0.3 is 0 Å². The number of carbonyl (C=O) groups is 1. The van der Waals surface area contributed by atoms with Crippen LogP contribution in [0.25, 0.3) is 21.0 Å². The highest BCUT2D eigenvalue weighted by Crippen LogP contribution is 2.31. The van der Waals surface area contributed by atoms with Crippen molar-refractivity contribution < 1.29 is 9.21 Å². The van der Waals surface area contributed by atoms with Crippen molar-refractivity contribution in [1.29, 1.82) is 0 Å². The fourth-order valence-corrected chi connectivity index (χ4v) is 4.02. The number of thiazole rings is 1. The maximum Gasteiger partial charge on any atom is 0.265 e. The van der Waals surface area contributed by atoms with Crippen molar-refractivity contribution in [2.75, 3.05) is 0 Å². The number of hydrogen-bond donors (Lipinski definition) is 1. The van der Waals surface area contributed by atoms with Gasteiger partial charge in [0, 0.05) is 0 Å². The van der Waals surface area contributed by atoms with Crippen molar-refractivity contribution in [2.24, 2.45) is 0 Å². The Hall–Kier alpha value is -2.58. The highest BCUT2D eigenvalue weighted by Gasteiger charge is 2.16. The molecule has 0 saturated carbocycles. The third-order valence-electron chi connectivity index (χ3n) is 3.69. The van der Waals surface area contributed by atoms with Crippen LogP contribution in [0, 0.1) is 0 Å². The molecule has 0 aliphatic carbocycles. The van der Waals surface area contributed by atoms with Gasteiger partial charge in [-0.15, -0.1) is 16.4 Å². The molecule has 25 heavy (non-hydrogen) atoms. The molecular formula is C17H14N4O2S2. The quantitative estimate of drug-likeness (QED) is 0.576. The van der Waals surface area contributed by atoms with Crippen molar-refractivity contribution >= 4 is 39.0 Å². The first-order valence-corrected chi connectivity index (χ1v) is 9.37. The van der Waals surface area contributed by atoms with Crippen molar-refractivity contribution in [3.63, 3.8) is 0 Å². The predicted molar refractivity (Wildman–Crippen MR) is 97.8 cm³/mol. The van der Waals surface area contributed by atoms with Crippen LogP contribution in [0.3, 0.4) is 0 Å². The van der Waals surface area contributed by atoms with Crippen molar-refractivity contribution in [1.82, 2.24) is 19.9 Å². The summed E-state index contributed by atoms with van der Waals surface area (Å²) in [5, 5.41) is 7.63. The summed E-state index contributed by atoms with van der Waals surface area (Å²) in [4.78, 5) is 17.4. The number of aryl methyl sites for hydroxylation is 1. The number of fused-ring (bicyclic) bond motifs is 1. The molecule has 0 bridgehead atoms. The van der Waals surface area contributed by atoms with Crippen LogP contribution in [-0.4, -0.2) is 20.5 Å². The average Bonchev–Trinajstić information content (AvgIpc) is 3.37. The van der Waals surface area contributed by atoms with Crippen LogP contribution >= 0.6 is 22.9 Å². The minimum atomic E-state index is -0.176. The minimum absolute atomic E-state index is 0.176. The van der Waals surface area contributed by atoms with Crippen LogP contribution in [0.2, 0.25) is 0 Å². The molecule has 4 rings (SSSR count). The average molecular weight is 370 g/mol. The van der Waals surface area contributed by atoms with Crippen molar-refractivity contribution in [2.45, 2.75) is 19.9 Å². The van der Waals surface area contributed by atoms with E-state index in [9.17, 15) is 4.79 Å². The molecule has 1 amide bonds. The number of hydrogen-bond acceptors (Lipinski definition) is 7. The molecule has 0 aliphatic rings. The van der Waals surface area contributed by atoms with Crippen molar-refractivity contribution in [3.05, 3.63) is 52.7 Å². The van der Waals surface area contributed by atoms with E-state index in [4.69, 9.17) is 4.42 Å². The summed E-state index contributed by atoms with van der Waals surface area (Å²) < 4.78 is 10.8. The number of rotatable bonds is 5. The highest BCUT2D eigenvalue weighted by molar-refractivity contribution is 7.21. The number of furan rings is 1. The van der Waals surface area contributed by atoms with Gasteiger partial charge in [0.15, 0.2) is 10.8 Å². The van der Waals surface area contributed by atoms with Crippen LogP contribution in [0.15, 0.2) is 40.8 Å². The first kappa shape index (κ1) is 15.9. The fraction of sp³-hybridized carbons (Fsp3) is 0.176. The molecular weight excluding hydrogens is 356 g/mol. The minimum Gasteiger partial charge on any atom is -0.457 e. The van der Waals surface area contributed by atoms with E-state index in [-0.39, 0.29) is 5.91 Å². The molecule has 0 fully saturated rings. The van der Waals surface area contributed by atoms with Gasteiger partial charge in [-0.2, -0.15) is 0 Å². The number of carbonyl (C=O) groups excluding carboxylic acids is 1. The lowest BCUT2D eigenvalue weighted by Crippen LogP contribution is -2.22. The fourth-order valence-electron chi connectivity index (χ4n) is 2.43. The Morgan fingerprint density at radius 2 is 2.12 bits per heavy atom. The van der Waals surface area contributed by atoms with E-state index in [1.165, 1.54) is 0 Å². The lowest BCUT2D eigenvalue weighted by atomic mass is 10.3. The Balaban J connectivity index is 1.47. The first-order valence-electron chi connectivity index (χ1n) is 7.78. The molecule has 0 saturated heterocycles. The zero-order valence-electron chi connectivity index (χ0n) is 13.4. The number of amides is 1. The molecule has 126 valence electrons. The molecule has 8 heteroatoms. The van der Waals surface area contributed by atoms with E-state index in [0.29, 0.717) is 29.4 Å². The maximum absolute atomic E-state index is 12.2. The Morgan fingerprint density at radius 3 is 2.96 bits per heavy atom.